The van der Waals surface area contributed by atoms with Crippen molar-refractivity contribution >= 4 is 37.6 Å². The van der Waals surface area contributed by atoms with E-state index in [1.54, 1.807) is 0 Å². The van der Waals surface area contributed by atoms with Crippen molar-refractivity contribution in [1.29, 1.82) is 0 Å². The fourth-order valence-electron chi connectivity index (χ4n) is 0.982. The Kier molecular flexibility index (Phi) is 4.57. The van der Waals surface area contributed by atoms with Crippen LogP contribution in [0.5, 0.6) is 0 Å². The highest BCUT2D eigenvalue weighted by Crippen LogP contribution is 2.23. The lowest BCUT2D eigenvalue weighted by Crippen LogP contribution is -2.32. The van der Waals surface area contributed by atoms with Gasteiger partial charge in [-0.1, -0.05) is 32.4 Å². The Balaban J connectivity index is 3.02. The number of nitrogens with one attached hydrogen (secondary N) is 1. The number of hydrogen-bond donors (Lipinski definition) is 1. The summed E-state index contributed by atoms with van der Waals surface area (Å²) in [5, 5.41) is -0.0328. The van der Waals surface area contributed by atoms with Crippen LogP contribution in [-0.2, 0) is 10.0 Å². The third kappa shape index (κ3) is 4.54. The lowest BCUT2D eigenvalue weighted by molar-refractivity contribution is 0.407. The highest BCUT2D eigenvalue weighted by molar-refractivity contribution is 9.10. The van der Waals surface area contributed by atoms with Gasteiger partial charge < -0.3 is 0 Å². The Labute approximate surface area is 115 Å². The van der Waals surface area contributed by atoms with Crippen LogP contribution in [0.25, 0.3) is 0 Å². The zero-order chi connectivity index (χ0) is 13.3. The van der Waals surface area contributed by atoms with E-state index in [0.717, 1.165) is 0 Å². The maximum Gasteiger partial charge on any atom is 0.243 e. The Bertz CT molecular complexity index is 512. The quantitative estimate of drug-likeness (QED) is 0.860. The molecule has 17 heavy (non-hydrogen) atoms. The minimum absolute atomic E-state index is 0.0159. The van der Waals surface area contributed by atoms with Crippen LogP contribution in [0.15, 0.2) is 21.6 Å². The third-order valence-electron chi connectivity index (χ3n) is 1.86. The molecule has 0 aliphatic carbocycles. The van der Waals surface area contributed by atoms with Crippen molar-refractivity contribution in [3.63, 3.8) is 0 Å². The van der Waals surface area contributed by atoms with Gasteiger partial charge in [-0.05, 0) is 27.4 Å². The van der Waals surface area contributed by atoms with Crippen LogP contribution < -0.4 is 4.72 Å². The van der Waals surface area contributed by atoms with Crippen LogP contribution in [0.3, 0.4) is 0 Å². The van der Waals surface area contributed by atoms with Crippen molar-refractivity contribution < 1.29 is 8.42 Å². The van der Waals surface area contributed by atoms with Gasteiger partial charge in [0.2, 0.25) is 10.0 Å². The standard InChI is InChI=1S/C10H14BrClN2O2S/c1-10(2,3)6-14-17(15,16)8-4-7(11)5-13-9(8)12/h4-5,14H,6H2,1-3H3. The van der Waals surface area contributed by atoms with Crippen LogP contribution >= 0.6 is 27.5 Å². The van der Waals surface area contributed by atoms with E-state index in [9.17, 15) is 8.42 Å². The number of aromatic nitrogens is 1. The van der Waals surface area contributed by atoms with Gasteiger partial charge in [-0.3, -0.25) is 0 Å². The highest BCUT2D eigenvalue weighted by atomic mass is 79.9. The molecule has 0 amide bonds. The van der Waals surface area contributed by atoms with Gasteiger partial charge in [-0.2, -0.15) is 0 Å². The van der Waals surface area contributed by atoms with E-state index in [-0.39, 0.29) is 15.5 Å². The molecule has 0 aliphatic heterocycles. The minimum Gasteiger partial charge on any atom is -0.242 e. The number of rotatable bonds is 3. The molecule has 4 nitrogen and oxygen atoms in total. The molecular weight excluding hydrogens is 328 g/mol. The highest BCUT2D eigenvalue weighted by Gasteiger charge is 2.21. The molecular formula is C10H14BrClN2O2S. The summed E-state index contributed by atoms with van der Waals surface area (Å²) in [4.78, 5) is 3.77. The molecule has 1 heterocycles. The second-order valence-corrected chi connectivity index (χ2v) is 7.84. The summed E-state index contributed by atoms with van der Waals surface area (Å²) in [6, 6.07) is 1.43. The van der Waals surface area contributed by atoms with E-state index in [1.165, 1.54) is 12.3 Å². The maximum absolute atomic E-state index is 12.0. The molecule has 96 valence electrons. The van der Waals surface area contributed by atoms with Crippen molar-refractivity contribution in [3.05, 3.63) is 21.9 Å². The largest absolute Gasteiger partial charge is 0.243 e. The first kappa shape index (κ1) is 14.9. The molecule has 1 aromatic heterocycles. The molecule has 0 bridgehead atoms. The van der Waals surface area contributed by atoms with Crippen molar-refractivity contribution in [2.45, 2.75) is 25.7 Å². The second-order valence-electron chi connectivity index (χ2n) is 4.83. The first-order chi connectivity index (χ1) is 7.62. The molecule has 0 atom stereocenters. The second kappa shape index (κ2) is 5.22. The monoisotopic (exact) mass is 340 g/mol. The van der Waals surface area contributed by atoms with Crippen LogP contribution in [0.1, 0.15) is 20.8 Å². The molecule has 0 radical (unpaired) electrons. The molecule has 1 N–H and O–H groups in total. The molecule has 0 saturated heterocycles. The predicted octanol–water partition coefficient (Wildman–Crippen LogP) is 2.82. The fourth-order valence-corrected chi connectivity index (χ4v) is 3.21. The lowest BCUT2D eigenvalue weighted by atomic mass is 9.98. The number of pyridine rings is 1. The van der Waals surface area contributed by atoms with Crippen molar-refractivity contribution in [2.75, 3.05) is 6.54 Å². The van der Waals surface area contributed by atoms with E-state index >= 15 is 0 Å². The van der Waals surface area contributed by atoms with E-state index < -0.39 is 10.0 Å². The van der Waals surface area contributed by atoms with E-state index in [4.69, 9.17) is 11.6 Å². The summed E-state index contributed by atoms with van der Waals surface area (Å²) in [5.41, 5.74) is -0.140. The van der Waals surface area contributed by atoms with Crippen LogP contribution in [0.4, 0.5) is 0 Å². The summed E-state index contributed by atoms with van der Waals surface area (Å²) >= 11 is 8.95. The Hall–Kier alpha value is -0.170. The van der Waals surface area contributed by atoms with Crippen molar-refractivity contribution in [2.24, 2.45) is 5.41 Å². The van der Waals surface area contributed by atoms with Gasteiger partial charge in [-0.25, -0.2) is 18.1 Å². The number of nitrogens with zero attached hydrogens (tertiary/aromatic N) is 1. The summed E-state index contributed by atoms with van der Waals surface area (Å²) in [7, 11) is -3.62. The van der Waals surface area contributed by atoms with Crippen molar-refractivity contribution in [3.8, 4) is 0 Å². The molecule has 1 rings (SSSR count). The number of sulfonamides is 1. The minimum atomic E-state index is -3.62. The van der Waals surface area contributed by atoms with Crippen LogP contribution in [-0.4, -0.2) is 19.9 Å². The van der Waals surface area contributed by atoms with E-state index in [1.807, 2.05) is 20.8 Å². The molecule has 0 aromatic carbocycles. The Morgan fingerprint density at radius 2 is 2.06 bits per heavy atom. The van der Waals surface area contributed by atoms with Crippen LogP contribution in [0.2, 0.25) is 5.15 Å². The summed E-state index contributed by atoms with van der Waals surface area (Å²) < 4.78 is 27.1. The first-order valence-corrected chi connectivity index (χ1v) is 7.58. The number of halogens is 2. The van der Waals surface area contributed by atoms with Gasteiger partial charge in [0.15, 0.2) is 0 Å². The van der Waals surface area contributed by atoms with Gasteiger partial charge >= 0.3 is 0 Å². The zero-order valence-corrected chi connectivity index (χ0v) is 12.9. The smallest absolute Gasteiger partial charge is 0.242 e. The SMILES string of the molecule is CC(C)(C)CNS(=O)(=O)c1cc(Br)cnc1Cl. The van der Waals surface area contributed by atoms with Crippen molar-refractivity contribution in [1.82, 2.24) is 9.71 Å². The molecule has 0 saturated carbocycles. The van der Waals surface area contributed by atoms with Gasteiger partial charge in [0.1, 0.15) is 10.0 Å². The first-order valence-electron chi connectivity index (χ1n) is 4.92. The molecule has 1 aromatic rings. The molecule has 0 unspecified atom stereocenters. The van der Waals surface area contributed by atoms with Gasteiger partial charge in [-0.15, -0.1) is 0 Å². The average Bonchev–Trinajstić information content (AvgIpc) is 2.18. The van der Waals surface area contributed by atoms with Gasteiger partial charge in [0.25, 0.3) is 0 Å². The summed E-state index contributed by atoms with van der Waals surface area (Å²) in [6.07, 6.45) is 1.45. The topological polar surface area (TPSA) is 59.1 Å². The molecule has 7 heteroatoms. The van der Waals surface area contributed by atoms with Gasteiger partial charge in [0.05, 0.1) is 0 Å². The maximum atomic E-state index is 12.0. The number of hydrogen-bond acceptors (Lipinski definition) is 3. The lowest BCUT2D eigenvalue weighted by Gasteiger charge is -2.18. The zero-order valence-electron chi connectivity index (χ0n) is 9.79. The summed E-state index contributed by atoms with van der Waals surface area (Å²) in [6.45, 7) is 6.15. The Morgan fingerprint density at radius 1 is 1.47 bits per heavy atom. The predicted molar refractivity (Wildman–Crippen MR) is 71.6 cm³/mol. The normalized spacial score (nSPS) is 12.8. The molecule has 0 spiro atoms. The molecule has 0 aliphatic rings. The fraction of sp³-hybridized carbons (Fsp3) is 0.500. The van der Waals surface area contributed by atoms with Crippen LogP contribution in [0, 0.1) is 5.41 Å². The Morgan fingerprint density at radius 3 is 2.59 bits per heavy atom. The molecule has 0 fully saturated rings. The average molecular weight is 342 g/mol. The van der Waals surface area contributed by atoms with Gasteiger partial charge in [0, 0.05) is 17.2 Å². The summed E-state index contributed by atoms with van der Waals surface area (Å²) in [5.74, 6) is 0. The third-order valence-corrected chi connectivity index (χ3v) is 4.12. The van der Waals surface area contributed by atoms with E-state index in [0.29, 0.717) is 11.0 Å². The van der Waals surface area contributed by atoms with E-state index in [2.05, 4.69) is 25.6 Å².